The average Bonchev–Trinajstić information content (AvgIpc) is 2.50. The number of hydrogen-bond donors (Lipinski definition) is 1. The highest BCUT2D eigenvalue weighted by atomic mass is 19.1. The van der Waals surface area contributed by atoms with Crippen molar-refractivity contribution < 1.29 is 19.0 Å². The van der Waals surface area contributed by atoms with Gasteiger partial charge in [-0.3, -0.25) is 0 Å². The van der Waals surface area contributed by atoms with Gasteiger partial charge in [-0.05, 0) is 30.5 Å². The third-order valence-electron chi connectivity index (χ3n) is 3.41. The van der Waals surface area contributed by atoms with Crippen LogP contribution in [0.4, 0.5) is 4.39 Å². The Morgan fingerprint density at radius 1 is 1.05 bits per heavy atom. The summed E-state index contributed by atoms with van der Waals surface area (Å²) in [4.78, 5) is 2.25. The molecule has 0 aliphatic heterocycles. The molecule has 1 rings (SSSR count). The molecule has 0 saturated heterocycles. The summed E-state index contributed by atoms with van der Waals surface area (Å²) in [5, 5.41) is 10.2. The molecular weight excluding hydrogens is 273 g/mol. The summed E-state index contributed by atoms with van der Waals surface area (Å²) < 4.78 is 23.0. The standard InChI is InChI=1S/C16H26FNO3/c1-20-12-3-9-18(11-13-21-2)10-8-16(19)14-4-6-15(17)7-5-14/h4-7,16,19H,3,8-13H2,1-2H3. The van der Waals surface area contributed by atoms with E-state index in [1.807, 2.05) is 0 Å². The van der Waals surface area contributed by atoms with Crippen LogP contribution in [0.5, 0.6) is 0 Å². The second-order valence-corrected chi connectivity index (χ2v) is 5.04. The molecule has 0 fully saturated rings. The average molecular weight is 299 g/mol. The summed E-state index contributed by atoms with van der Waals surface area (Å²) in [5.74, 6) is -0.285. The van der Waals surface area contributed by atoms with E-state index < -0.39 is 6.10 Å². The number of halogens is 1. The minimum Gasteiger partial charge on any atom is -0.388 e. The van der Waals surface area contributed by atoms with E-state index in [0.717, 1.165) is 38.2 Å². The zero-order chi connectivity index (χ0) is 15.5. The molecule has 120 valence electrons. The molecule has 0 heterocycles. The Balaban J connectivity index is 2.40. The van der Waals surface area contributed by atoms with Crippen molar-refractivity contribution in [3.8, 4) is 0 Å². The molecule has 0 radical (unpaired) electrons. The van der Waals surface area contributed by atoms with Crippen LogP contribution in [0.3, 0.4) is 0 Å². The number of ether oxygens (including phenoxy) is 2. The van der Waals surface area contributed by atoms with Gasteiger partial charge in [-0.2, -0.15) is 0 Å². The highest BCUT2D eigenvalue weighted by Gasteiger charge is 2.11. The summed E-state index contributed by atoms with van der Waals surface area (Å²) in [7, 11) is 3.37. The van der Waals surface area contributed by atoms with E-state index in [0.29, 0.717) is 13.0 Å². The van der Waals surface area contributed by atoms with Crippen molar-refractivity contribution in [2.75, 3.05) is 47.1 Å². The summed E-state index contributed by atoms with van der Waals surface area (Å²) in [6.45, 7) is 3.90. The zero-order valence-corrected chi connectivity index (χ0v) is 12.9. The Morgan fingerprint density at radius 3 is 2.33 bits per heavy atom. The smallest absolute Gasteiger partial charge is 0.123 e. The van der Waals surface area contributed by atoms with Gasteiger partial charge in [0.15, 0.2) is 0 Å². The molecule has 0 aliphatic rings. The molecular formula is C16H26FNO3. The second-order valence-electron chi connectivity index (χ2n) is 5.04. The van der Waals surface area contributed by atoms with Gasteiger partial charge in [0.25, 0.3) is 0 Å². The number of rotatable bonds is 11. The molecule has 0 bridgehead atoms. The van der Waals surface area contributed by atoms with Crippen LogP contribution in [0.1, 0.15) is 24.5 Å². The number of methoxy groups -OCH3 is 2. The Morgan fingerprint density at radius 2 is 1.71 bits per heavy atom. The summed E-state index contributed by atoms with van der Waals surface area (Å²) in [5.41, 5.74) is 0.750. The minimum absolute atomic E-state index is 0.285. The molecule has 0 spiro atoms. The van der Waals surface area contributed by atoms with Crippen molar-refractivity contribution in [3.63, 3.8) is 0 Å². The molecule has 1 unspecified atom stereocenters. The first-order chi connectivity index (χ1) is 10.2. The third-order valence-corrected chi connectivity index (χ3v) is 3.41. The molecule has 5 heteroatoms. The maximum Gasteiger partial charge on any atom is 0.123 e. The van der Waals surface area contributed by atoms with Crippen molar-refractivity contribution in [1.29, 1.82) is 0 Å². The van der Waals surface area contributed by atoms with Crippen LogP contribution < -0.4 is 0 Å². The Hall–Kier alpha value is -1.01. The lowest BCUT2D eigenvalue weighted by Gasteiger charge is -2.23. The van der Waals surface area contributed by atoms with Crippen molar-refractivity contribution in [1.82, 2.24) is 4.90 Å². The molecule has 1 atom stereocenters. The van der Waals surface area contributed by atoms with Gasteiger partial charge in [-0.25, -0.2) is 4.39 Å². The maximum atomic E-state index is 12.9. The van der Waals surface area contributed by atoms with Crippen LogP contribution in [0.15, 0.2) is 24.3 Å². The molecule has 21 heavy (non-hydrogen) atoms. The lowest BCUT2D eigenvalue weighted by atomic mass is 10.1. The fourth-order valence-electron chi connectivity index (χ4n) is 2.14. The maximum absolute atomic E-state index is 12.9. The van der Waals surface area contributed by atoms with Crippen LogP contribution in [0.2, 0.25) is 0 Å². The van der Waals surface area contributed by atoms with Crippen LogP contribution >= 0.6 is 0 Å². The highest BCUT2D eigenvalue weighted by Crippen LogP contribution is 2.17. The Labute approximate surface area is 126 Å². The van der Waals surface area contributed by atoms with Gasteiger partial charge >= 0.3 is 0 Å². The summed E-state index contributed by atoms with van der Waals surface area (Å²) >= 11 is 0. The second kappa shape index (κ2) is 10.7. The lowest BCUT2D eigenvalue weighted by molar-refractivity contribution is 0.108. The zero-order valence-electron chi connectivity index (χ0n) is 12.9. The van der Waals surface area contributed by atoms with Crippen LogP contribution in [-0.4, -0.2) is 57.1 Å². The van der Waals surface area contributed by atoms with E-state index in [4.69, 9.17) is 9.47 Å². The Bertz CT molecular complexity index is 372. The van der Waals surface area contributed by atoms with Gasteiger partial charge in [0.2, 0.25) is 0 Å². The van der Waals surface area contributed by atoms with Crippen LogP contribution in [-0.2, 0) is 9.47 Å². The van der Waals surface area contributed by atoms with Crippen molar-refractivity contribution in [3.05, 3.63) is 35.6 Å². The minimum atomic E-state index is -0.571. The number of aliphatic hydroxyl groups is 1. The quantitative estimate of drug-likeness (QED) is 0.636. The topological polar surface area (TPSA) is 41.9 Å². The lowest BCUT2D eigenvalue weighted by Crippen LogP contribution is -2.31. The monoisotopic (exact) mass is 299 g/mol. The molecule has 1 N–H and O–H groups in total. The van der Waals surface area contributed by atoms with Gasteiger partial charge in [0, 0.05) is 40.5 Å². The van der Waals surface area contributed by atoms with E-state index in [-0.39, 0.29) is 5.82 Å². The fourth-order valence-corrected chi connectivity index (χ4v) is 2.14. The molecule has 0 aliphatic carbocycles. The number of benzene rings is 1. The highest BCUT2D eigenvalue weighted by molar-refractivity contribution is 5.18. The van der Waals surface area contributed by atoms with Gasteiger partial charge in [0.05, 0.1) is 12.7 Å². The largest absolute Gasteiger partial charge is 0.388 e. The van der Waals surface area contributed by atoms with Crippen molar-refractivity contribution in [2.24, 2.45) is 0 Å². The van der Waals surface area contributed by atoms with Gasteiger partial charge < -0.3 is 19.5 Å². The van der Waals surface area contributed by atoms with E-state index in [1.165, 1.54) is 12.1 Å². The van der Waals surface area contributed by atoms with Crippen molar-refractivity contribution >= 4 is 0 Å². The number of nitrogens with zero attached hydrogens (tertiary/aromatic N) is 1. The van der Waals surface area contributed by atoms with E-state index in [9.17, 15) is 9.50 Å². The van der Waals surface area contributed by atoms with Gasteiger partial charge in [0.1, 0.15) is 5.82 Å². The van der Waals surface area contributed by atoms with Crippen molar-refractivity contribution in [2.45, 2.75) is 18.9 Å². The van der Waals surface area contributed by atoms with Gasteiger partial charge in [-0.1, -0.05) is 12.1 Å². The summed E-state index contributed by atoms with van der Waals surface area (Å²) in [6, 6.07) is 6.01. The molecule has 0 aromatic heterocycles. The molecule has 0 saturated carbocycles. The van der Waals surface area contributed by atoms with E-state index >= 15 is 0 Å². The number of hydrogen-bond acceptors (Lipinski definition) is 4. The SMILES string of the molecule is COCCCN(CCOC)CCC(O)c1ccc(F)cc1. The third kappa shape index (κ3) is 7.52. The normalized spacial score (nSPS) is 12.8. The summed E-state index contributed by atoms with van der Waals surface area (Å²) in [6.07, 6.45) is 0.993. The first-order valence-corrected chi connectivity index (χ1v) is 7.31. The molecule has 1 aromatic rings. The van der Waals surface area contributed by atoms with E-state index in [2.05, 4.69) is 4.90 Å². The predicted molar refractivity (Wildman–Crippen MR) is 80.8 cm³/mol. The van der Waals surface area contributed by atoms with Crippen LogP contribution in [0.25, 0.3) is 0 Å². The van der Waals surface area contributed by atoms with Crippen LogP contribution in [0, 0.1) is 5.82 Å². The first kappa shape index (κ1) is 18.0. The first-order valence-electron chi connectivity index (χ1n) is 7.31. The van der Waals surface area contributed by atoms with E-state index in [1.54, 1.807) is 26.4 Å². The number of aliphatic hydroxyl groups excluding tert-OH is 1. The predicted octanol–water partition coefficient (Wildman–Crippen LogP) is 2.23. The fraction of sp³-hybridized carbons (Fsp3) is 0.625. The van der Waals surface area contributed by atoms with Gasteiger partial charge in [-0.15, -0.1) is 0 Å². The Kier molecular flexibility index (Phi) is 9.17. The molecule has 0 amide bonds. The molecule has 4 nitrogen and oxygen atoms in total. The molecule has 1 aromatic carbocycles.